The van der Waals surface area contributed by atoms with Crippen LogP contribution in [0.15, 0.2) is 30.6 Å². The molecule has 0 radical (unpaired) electrons. The molecule has 1 aromatic heterocycles. The van der Waals surface area contributed by atoms with Crippen molar-refractivity contribution < 1.29 is 13.9 Å². The Hall–Kier alpha value is -2.30. The van der Waals surface area contributed by atoms with Crippen LogP contribution in [0.2, 0.25) is 0 Å². The number of ether oxygens (including phenoxy) is 1. The third kappa shape index (κ3) is 7.11. The van der Waals surface area contributed by atoms with E-state index in [-0.39, 0.29) is 11.7 Å². The Morgan fingerprint density at radius 1 is 1.00 bits per heavy atom. The maximum absolute atomic E-state index is 14.7. The van der Waals surface area contributed by atoms with Gasteiger partial charge in [0, 0.05) is 18.0 Å². The lowest BCUT2D eigenvalue weighted by atomic mass is 9.85. The molecule has 0 bridgehead atoms. The summed E-state index contributed by atoms with van der Waals surface area (Å²) >= 11 is 0. The summed E-state index contributed by atoms with van der Waals surface area (Å²) in [4.78, 5) is 21.3. The number of rotatable bonds is 11. The topological polar surface area (TPSA) is 52.1 Å². The summed E-state index contributed by atoms with van der Waals surface area (Å²) in [6, 6.07) is 4.51. The zero-order valence-corrected chi connectivity index (χ0v) is 19.6. The molecule has 1 aromatic carbocycles. The Bertz CT molecular complexity index is 845. The second kappa shape index (κ2) is 12.7. The first-order valence-corrected chi connectivity index (χ1v) is 12.4. The number of nitrogens with zero attached hydrogens (tertiary/aromatic N) is 2. The van der Waals surface area contributed by atoms with Gasteiger partial charge in [0.1, 0.15) is 11.9 Å². The van der Waals surface area contributed by atoms with Crippen LogP contribution in [-0.4, -0.2) is 22.0 Å². The van der Waals surface area contributed by atoms with E-state index in [1.807, 2.05) is 12.4 Å². The molecule has 1 saturated carbocycles. The lowest BCUT2D eigenvalue weighted by molar-refractivity contribution is 0.0157. The number of esters is 1. The van der Waals surface area contributed by atoms with Gasteiger partial charge in [-0.25, -0.2) is 19.2 Å². The standard InChI is InChI=1S/C27H37FN2O2/c1-3-5-6-7-8-10-21-18-29-26(30-19-21)22-13-16-24(25(28)17-22)27(31)32-23-14-11-20(9-4-2)12-15-23/h13,16-20,23H,3-12,14-15H2,1-2H3/t20-,23-. The number of carbonyl (C=O) groups is 1. The highest BCUT2D eigenvalue weighted by Gasteiger charge is 2.25. The highest BCUT2D eigenvalue weighted by Crippen LogP contribution is 2.30. The molecule has 0 amide bonds. The van der Waals surface area contributed by atoms with Gasteiger partial charge in [0.2, 0.25) is 0 Å². The van der Waals surface area contributed by atoms with E-state index in [0.717, 1.165) is 50.0 Å². The van der Waals surface area contributed by atoms with E-state index in [9.17, 15) is 9.18 Å². The molecule has 32 heavy (non-hydrogen) atoms. The fraction of sp³-hybridized carbons (Fsp3) is 0.593. The Kier molecular flexibility index (Phi) is 9.63. The Morgan fingerprint density at radius 3 is 2.38 bits per heavy atom. The summed E-state index contributed by atoms with van der Waals surface area (Å²) in [5.74, 6) is 0.0364. The smallest absolute Gasteiger partial charge is 0.341 e. The Balaban J connectivity index is 1.53. The summed E-state index contributed by atoms with van der Waals surface area (Å²) < 4.78 is 20.3. The second-order valence-electron chi connectivity index (χ2n) is 9.11. The van der Waals surface area contributed by atoms with Gasteiger partial charge in [-0.3, -0.25) is 0 Å². The van der Waals surface area contributed by atoms with Crippen molar-refractivity contribution >= 4 is 5.97 Å². The van der Waals surface area contributed by atoms with Crippen LogP contribution in [-0.2, 0) is 11.2 Å². The first-order valence-electron chi connectivity index (χ1n) is 12.4. The molecular weight excluding hydrogens is 403 g/mol. The van der Waals surface area contributed by atoms with Crippen molar-refractivity contribution in [2.24, 2.45) is 5.92 Å². The van der Waals surface area contributed by atoms with Crippen LogP contribution in [0.1, 0.15) is 100 Å². The zero-order chi connectivity index (χ0) is 22.8. The predicted octanol–water partition coefficient (Wildman–Crippen LogP) is 7.31. The van der Waals surface area contributed by atoms with Gasteiger partial charge in [0.25, 0.3) is 0 Å². The molecule has 1 aliphatic carbocycles. The van der Waals surface area contributed by atoms with Crippen LogP contribution in [0.4, 0.5) is 4.39 Å². The van der Waals surface area contributed by atoms with E-state index in [0.29, 0.717) is 11.4 Å². The third-order valence-corrected chi connectivity index (χ3v) is 6.49. The maximum Gasteiger partial charge on any atom is 0.341 e. The number of aromatic nitrogens is 2. The molecule has 0 aliphatic heterocycles. The van der Waals surface area contributed by atoms with Crippen molar-refractivity contribution in [1.82, 2.24) is 9.97 Å². The SMILES string of the molecule is CCCCCCCc1cnc(-c2ccc(C(=O)O[C@H]3CC[C@H](CCC)CC3)c(F)c2)nc1. The van der Waals surface area contributed by atoms with E-state index in [1.165, 1.54) is 50.7 Å². The molecule has 4 nitrogen and oxygen atoms in total. The summed E-state index contributed by atoms with van der Waals surface area (Å²) in [5, 5.41) is 0. The van der Waals surface area contributed by atoms with E-state index >= 15 is 0 Å². The van der Waals surface area contributed by atoms with Crippen LogP contribution in [0, 0.1) is 11.7 Å². The van der Waals surface area contributed by atoms with Gasteiger partial charge in [-0.05, 0) is 62.1 Å². The van der Waals surface area contributed by atoms with Crippen LogP contribution in [0.25, 0.3) is 11.4 Å². The van der Waals surface area contributed by atoms with Crippen molar-refractivity contribution in [3.63, 3.8) is 0 Å². The quantitative estimate of drug-likeness (QED) is 0.271. The van der Waals surface area contributed by atoms with Crippen LogP contribution in [0.3, 0.4) is 0 Å². The minimum Gasteiger partial charge on any atom is -0.459 e. The summed E-state index contributed by atoms with van der Waals surface area (Å²) in [7, 11) is 0. The largest absolute Gasteiger partial charge is 0.459 e. The van der Waals surface area contributed by atoms with Crippen molar-refractivity contribution in [3.05, 3.63) is 47.5 Å². The second-order valence-corrected chi connectivity index (χ2v) is 9.11. The van der Waals surface area contributed by atoms with Crippen LogP contribution in [0.5, 0.6) is 0 Å². The van der Waals surface area contributed by atoms with Gasteiger partial charge >= 0.3 is 5.97 Å². The van der Waals surface area contributed by atoms with Crippen molar-refractivity contribution in [3.8, 4) is 11.4 Å². The molecule has 1 fully saturated rings. The highest BCUT2D eigenvalue weighted by molar-refractivity contribution is 5.90. The molecule has 0 saturated heterocycles. The van der Waals surface area contributed by atoms with Gasteiger partial charge in [0.15, 0.2) is 5.82 Å². The first-order chi connectivity index (χ1) is 15.6. The molecule has 0 unspecified atom stereocenters. The number of benzene rings is 1. The normalized spacial score (nSPS) is 18.5. The Labute approximate surface area is 192 Å². The fourth-order valence-corrected chi connectivity index (χ4v) is 4.55. The van der Waals surface area contributed by atoms with E-state index < -0.39 is 11.8 Å². The van der Waals surface area contributed by atoms with Crippen LogP contribution >= 0.6 is 0 Å². The molecule has 5 heteroatoms. The van der Waals surface area contributed by atoms with Crippen molar-refractivity contribution in [2.75, 3.05) is 0 Å². The fourth-order valence-electron chi connectivity index (χ4n) is 4.55. The zero-order valence-electron chi connectivity index (χ0n) is 19.6. The van der Waals surface area contributed by atoms with Gasteiger partial charge in [-0.1, -0.05) is 58.4 Å². The maximum atomic E-state index is 14.7. The summed E-state index contributed by atoms with van der Waals surface area (Å²) in [5.41, 5.74) is 1.64. The first kappa shape index (κ1) is 24.3. The number of carbonyl (C=O) groups excluding carboxylic acids is 1. The lowest BCUT2D eigenvalue weighted by Gasteiger charge is -2.28. The molecule has 0 N–H and O–H groups in total. The minimum absolute atomic E-state index is 0.0202. The number of halogens is 1. The highest BCUT2D eigenvalue weighted by atomic mass is 19.1. The third-order valence-electron chi connectivity index (χ3n) is 6.49. The predicted molar refractivity (Wildman–Crippen MR) is 126 cm³/mol. The molecule has 1 heterocycles. The number of unbranched alkanes of at least 4 members (excludes halogenated alkanes) is 4. The molecule has 174 valence electrons. The van der Waals surface area contributed by atoms with Gasteiger partial charge in [0.05, 0.1) is 5.56 Å². The molecule has 2 aromatic rings. The van der Waals surface area contributed by atoms with Crippen molar-refractivity contribution in [2.45, 2.75) is 97.0 Å². The van der Waals surface area contributed by atoms with Crippen molar-refractivity contribution in [1.29, 1.82) is 0 Å². The Morgan fingerprint density at radius 2 is 1.72 bits per heavy atom. The average molecular weight is 441 g/mol. The molecule has 0 atom stereocenters. The van der Waals surface area contributed by atoms with Gasteiger partial charge in [-0.2, -0.15) is 0 Å². The minimum atomic E-state index is -0.587. The average Bonchev–Trinajstić information content (AvgIpc) is 2.80. The molecule has 0 spiro atoms. The summed E-state index contributed by atoms with van der Waals surface area (Å²) in [6.07, 6.45) is 17.0. The lowest BCUT2D eigenvalue weighted by Crippen LogP contribution is -2.25. The number of hydrogen-bond acceptors (Lipinski definition) is 4. The molecule has 3 rings (SSSR count). The van der Waals surface area contributed by atoms with Gasteiger partial charge < -0.3 is 4.74 Å². The van der Waals surface area contributed by atoms with E-state index in [2.05, 4.69) is 23.8 Å². The molecule has 1 aliphatic rings. The molecular formula is C27H37FN2O2. The van der Waals surface area contributed by atoms with Crippen LogP contribution < -0.4 is 0 Å². The monoisotopic (exact) mass is 440 g/mol. The number of hydrogen-bond donors (Lipinski definition) is 0. The number of aryl methyl sites for hydroxylation is 1. The van der Waals surface area contributed by atoms with Gasteiger partial charge in [-0.15, -0.1) is 0 Å². The van der Waals surface area contributed by atoms with E-state index in [4.69, 9.17) is 4.74 Å². The summed E-state index contributed by atoms with van der Waals surface area (Å²) in [6.45, 7) is 4.41. The van der Waals surface area contributed by atoms with E-state index in [1.54, 1.807) is 6.07 Å².